The maximum Gasteiger partial charge on any atom is 0.340 e. The van der Waals surface area contributed by atoms with Crippen molar-refractivity contribution in [3.05, 3.63) is 18.5 Å². The number of hydrogen-bond donors (Lipinski definition) is 0. The molecule has 0 spiro atoms. The minimum Gasteiger partial charge on any atom is -0.308 e. The molecule has 5 nitrogen and oxygen atoms in total. The summed E-state index contributed by atoms with van der Waals surface area (Å²) in [6.45, 7) is 4.31. The van der Waals surface area contributed by atoms with Crippen molar-refractivity contribution < 1.29 is 13.6 Å². The van der Waals surface area contributed by atoms with Crippen molar-refractivity contribution in [2.45, 2.75) is 19.0 Å². The minimum absolute atomic E-state index is 0.235. The van der Waals surface area contributed by atoms with Crippen LogP contribution in [0, 0.1) is 0 Å². The predicted octanol–water partition coefficient (Wildman–Crippen LogP) is 2.79. The Morgan fingerprint density at radius 2 is 1.81 bits per heavy atom. The normalized spacial score (nSPS) is 11.6. The van der Waals surface area contributed by atoms with Gasteiger partial charge in [-0.05, 0) is 19.9 Å². The van der Waals surface area contributed by atoms with Gasteiger partial charge in [-0.1, -0.05) is 11.8 Å². The average molecular weight is 262 g/mol. The first-order chi connectivity index (χ1) is 7.70. The lowest BCUT2D eigenvalue weighted by molar-refractivity contribution is 0.224. The Kier molecular flexibility index (Phi) is 5.98. The molecule has 1 aromatic heterocycles. The molecule has 0 radical (unpaired) electrons. The third-order valence-electron chi connectivity index (χ3n) is 1.55. The Hall–Kier alpha value is -0.420. The maximum absolute atomic E-state index is 12.1. The third kappa shape index (κ3) is 4.61. The summed E-state index contributed by atoms with van der Waals surface area (Å²) in [5, 5.41) is 0.571. The molecule has 0 fully saturated rings. The van der Waals surface area contributed by atoms with Crippen molar-refractivity contribution in [2.75, 3.05) is 18.7 Å². The van der Waals surface area contributed by atoms with Gasteiger partial charge in [0.25, 0.3) is 0 Å². The molecule has 1 rings (SSSR count). The van der Waals surface area contributed by atoms with Crippen LogP contribution in [0.2, 0.25) is 0 Å². The van der Waals surface area contributed by atoms with E-state index >= 15 is 0 Å². The van der Waals surface area contributed by atoms with E-state index in [9.17, 15) is 4.57 Å². The predicted molar refractivity (Wildman–Crippen MR) is 63.6 cm³/mol. The largest absolute Gasteiger partial charge is 0.340 e. The monoisotopic (exact) mass is 262 g/mol. The first-order valence-electron chi connectivity index (χ1n) is 4.98. The molecule has 0 saturated carbocycles. The highest BCUT2D eigenvalue weighted by atomic mass is 32.2. The van der Waals surface area contributed by atoms with E-state index in [0.29, 0.717) is 18.4 Å². The molecule has 0 aromatic carbocycles. The number of hydrogen-bond acceptors (Lipinski definition) is 6. The smallest absolute Gasteiger partial charge is 0.308 e. The summed E-state index contributed by atoms with van der Waals surface area (Å²) in [5.41, 5.74) is 0.235. The highest BCUT2D eigenvalue weighted by Crippen LogP contribution is 2.51. The van der Waals surface area contributed by atoms with Gasteiger partial charge >= 0.3 is 7.60 Å². The molecule has 0 bridgehead atoms. The summed E-state index contributed by atoms with van der Waals surface area (Å²) in [7, 11) is -3.00. The topological polar surface area (TPSA) is 61.3 Å². The van der Waals surface area contributed by atoms with Crippen molar-refractivity contribution in [3.8, 4) is 0 Å². The van der Waals surface area contributed by atoms with Gasteiger partial charge in [-0.25, -0.2) is 9.97 Å². The summed E-state index contributed by atoms with van der Waals surface area (Å²) in [5.74, 6) is 0. The summed E-state index contributed by atoms with van der Waals surface area (Å²) in [4.78, 5) is 8.04. The van der Waals surface area contributed by atoms with E-state index in [1.165, 1.54) is 11.8 Å². The van der Waals surface area contributed by atoms with Crippen LogP contribution in [0.3, 0.4) is 0 Å². The Labute approximate surface area is 99.5 Å². The molecule has 90 valence electrons. The van der Waals surface area contributed by atoms with E-state index in [4.69, 9.17) is 9.05 Å². The van der Waals surface area contributed by atoms with Crippen LogP contribution in [0.1, 0.15) is 13.8 Å². The van der Waals surface area contributed by atoms with E-state index in [1.54, 1.807) is 32.3 Å². The molecular weight excluding hydrogens is 247 g/mol. The second-order valence-electron chi connectivity index (χ2n) is 2.75. The van der Waals surface area contributed by atoms with Gasteiger partial charge in [-0.3, -0.25) is 4.57 Å². The SMILES string of the molecule is CCOP(=O)(CSc1ncccn1)OCC. The molecule has 16 heavy (non-hydrogen) atoms. The van der Waals surface area contributed by atoms with Crippen LogP contribution in [-0.4, -0.2) is 28.7 Å². The molecule has 1 heterocycles. The van der Waals surface area contributed by atoms with Gasteiger partial charge in [0.1, 0.15) is 5.49 Å². The number of rotatable bonds is 7. The van der Waals surface area contributed by atoms with Crippen LogP contribution in [0.25, 0.3) is 0 Å². The number of aromatic nitrogens is 2. The highest BCUT2D eigenvalue weighted by Gasteiger charge is 2.24. The lowest BCUT2D eigenvalue weighted by Gasteiger charge is -2.15. The van der Waals surface area contributed by atoms with Gasteiger partial charge in [-0.15, -0.1) is 0 Å². The molecule has 0 aliphatic heterocycles. The molecule has 0 unspecified atom stereocenters. The lowest BCUT2D eigenvalue weighted by Crippen LogP contribution is -1.98. The second-order valence-corrected chi connectivity index (χ2v) is 6.18. The van der Waals surface area contributed by atoms with Gasteiger partial charge in [0.2, 0.25) is 0 Å². The zero-order valence-corrected chi connectivity index (χ0v) is 11.0. The first-order valence-corrected chi connectivity index (χ1v) is 7.69. The first kappa shape index (κ1) is 13.6. The molecule has 0 amide bonds. The van der Waals surface area contributed by atoms with Crippen molar-refractivity contribution in [1.82, 2.24) is 9.97 Å². The van der Waals surface area contributed by atoms with Crippen LogP contribution in [0.15, 0.2) is 23.6 Å². The van der Waals surface area contributed by atoms with E-state index < -0.39 is 7.60 Å². The van der Waals surface area contributed by atoms with E-state index in [2.05, 4.69) is 9.97 Å². The van der Waals surface area contributed by atoms with Gasteiger partial charge in [0, 0.05) is 12.4 Å². The Bertz CT molecular complexity index is 340. The highest BCUT2D eigenvalue weighted by molar-refractivity contribution is 8.04. The van der Waals surface area contributed by atoms with Crippen molar-refractivity contribution in [2.24, 2.45) is 0 Å². The standard InChI is InChI=1S/C9H15N2O3PS/c1-3-13-15(12,14-4-2)8-16-9-10-6-5-7-11-9/h5-7H,3-4,8H2,1-2H3. The fraction of sp³-hybridized carbons (Fsp3) is 0.556. The molecule has 0 aliphatic rings. The van der Waals surface area contributed by atoms with Crippen LogP contribution in [0.5, 0.6) is 0 Å². The van der Waals surface area contributed by atoms with Crippen molar-refractivity contribution in [3.63, 3.8) is 0 Å². The Morgan fingerprint density at radius 1 is 1.25 bits per heavy atom. The third-order valence-corrected chi connectivity index (χ3v) is 5.10. The van der Waals surface area contributed by atoms with Crippen LogP contribution >= 0.6 is 19.4 Å². The van der Waals surface area contributed by atoms with Gasteiger partial charge in [-0.2, -0.15) is 0 Å². The molecule has 0 saturated heterocycles. The molecule has 7 heteroatoms. The van der Waals surface area contributed by atoms with E-state index in [-0.39, 0.29) is 5.49 Å². The average Bonchev–Trinajstić information content (AvgIpc) is 2.29. The van der Waals surface area contributed by atoms with Gasteiger partial charge < -0.3 is 9.05 Å². The Balaban J connectivity index is 2.53. The van der Waals surface area contributed by atoms with Crippen LogP contribution in [-0.2, 0) is 13.6 Å². The second kappa shape index (κ2) is 7.01. The van der Waals surface area contributed by atoms with E-state index in [0.717, 1.165) is 0 Å². The lowest BCUT2D eigenvalue weighted by atomic mass is 10.7. The zero-order valence-electron chi connectivity index (χ0n) is 9.33. The fourth-order valence-corrected chi connectivity index (χ4v) is 3.82. The summed E-state index contributed by atoms with van der Waals surface area (Å²) in [6.07, 6.45) is 3.28. The molecule has 1 aromatic rings. The van der Waals surface area contributed by atoms with Crippen LogP contribution < -0.4 is 0 Å². The number of thioether (sulfide) groups is 1. The summed E-state index contributed by atoms with van der Waals surface area (Å²) >= 11 is 1.27. The van der Waals surface area contributed by atoms with E-state index in [1.807, 2.05) is 0 Å². The molecule has 0 atom stereocenters. The summed E-state index contributed by atoms with van der Waals surface area (Å²) < 4.78 is 22.4. The zero-order chi connectivity index (χ0) is 11.9. The summed E-state index contributed by atoms with van der Waals surface area (Å²) in [6, 6.07) is 1.73. The quantitative estimate of drug-likeness (QED) is 0.428. The number of nitrogens with zero attached hydrogens (tertiary/aromatic N) is 2. The molecular formula is C9H15N2O3PS. The van der Waals surface area contributed by atoms with Crippen molar-refractivity contribution in [1.29, 1.82) is 0 Å². The maximum atomic E-state index is 12.1. The van der Waals surface area contributed by atoms with Gasteiger partial charge in [0.15, 0.2) is 5.16 Å². The minimum atomic E-state index is -3.00. The fourth-order valence-electron chi connectivity index (χ4n) is 1.00. The van der Waals surface area contributed by atoms with Crippen molar-refractivity contribution >= 4 is 19.4 Å². The van der Waals surface area contributed by atoms with Crippen LogP contribution in [0.4, 0.5) is 0 Å². The molecule has 0 aliphatic carbocycles. The Morgan fingerprint density at radius 3 is 2.31 bits per heavy atom. The van der Waals surface area contributed by atoms with Gasteiger partial charge in [0.05, 0.1) is 13.2 Å². The molecule has 0 N–H and O–H groups in total.